The van der Waals surface area contributed by atoms with Gasteiger partial charge in [0.05, 0.1) is 42.3 Å². The molecule has 0 radical (unpaired) electrons. The molecule has 3 saturated heterocycles. The lowest BCUT2D eigenvalue weighted by molar-refractivity contribution is -0.164. The highest BCUT2D eigenvalue weighted by Crippen LogP contribution is 2.56. The third-order valence-corrected chi connectivity index (χ3v) is 17.0. The molecule has 0 unspecified atom stereocenters. The summed E-state index contributed by atoms with van der Waals surface area (Å²) in [6.45, 7) is 17.0. The highest BCUT2D eigenvalue weighted by Gasteiger charge is 2.64. The Labute approximate surface area is 428 Å². The minimum Gasteiger partial charge on any atom is -0.495 e. The quantitative estimate of drug-likeness (QED) is 0.132. The van der Waals surface area contributed by atoms with Crippen LogP contribution in [0.5, 0.6) is 11.5 Å². The number of methoxy groups -OCH3 is 1. The maximum absolute atomic E-state index is 13.7. The molecule has 7 heterocycles. The summed E-state index contributed by atoms with van der Waals surface area (Å²) in [6, 6.07) is 25.2. The molecule has 1 N–H and O–H groups in total. The Morgan fingerprint density at radius 1 is 0.849 bits per heavy atom. The van der Waals surface area contributed by atoms with Crippen molar-refractivity contribution in [3.05, 3.63) is 108 Å². The molecule has 15 heteroatoms. The lowest BCUT2D eigenvalue weighted by Gasteiger charge is -2.63. The van der Waals surface area contributed by atoms with Gasteiger partial charge in [0.25, 0.3) is 5.91 Å². The predicted octanol–water partition coefficient (Wildman–Crippen LogP) is 9.02. The molecule has 1 saturated carbocycles. The second-order valence-electron chi connectivity index (χ2n) is 22.1. The summed E-state index contributed by atoms with van der Waals surface area (Å²) >= 11 is 0. The number of carbonyl (C=O) groups excluding carboxylic acids is 2. The fourth-order valence-corrected chi connectivity index (χ4v) is 13.2. The van der Waals surface area contributed by atoms with E-state index in [1.165, 1.54) is 5.69 Å². The number of nitrogens with one attached hydrogen (secondary N) is 1. The highest BCUT2D eigenvalue weighted by atomic mass is 16.5. The van der Waals surface area contributed by atoms with Crippen molar-refractivity contribution in [3.8, 4) is 40.1 Å². The van der Waals surface area contributed by atoms with Crippen LogP contribution in [0.2, 0.25) is 0 Å². The van der Waals surface area contributed by atoms with Crippen LogP contribution in [-0.4, -0.2) is 117 Å². The maximum atomic E-state index is 13.7. The summed E-state index contributed by atoms with van der Waals surface area (Å²) in [7, 11) is 1.55. The zero-order valence-electron chi connectivity index (χ0n) is 43.1. The van der Waals surface area contributed by atoms with Gasteiger partial charge in [-0.15, -0.1) is 0 Å². The van der Waals surface area contributed by atoms with Gasteiger partial charge in [0.2, 0.25) is 5.91 Å². The molecule has 0 spiro atoms. The van der Waals surface area contributed by atoms with E-state index in [9.17, 15) is 14.9 Å². The molecule has 3 aromatic carbocycles. The van der Waals surface area contributed by atoms with Crippen molar-refractivity contribution in [2.75, 3.05) is 57.9 Å². The molecule has 1 aliphatic carbocycles. The van der Waals surface area contributed by atoms with Crippen molar-refractivity contribution in [1.82, 2.24) is 39.7 Å². The summed E-state index contributed by atoms with van der Waals surface area (Å²) in [4.78, 5) is 38.3. The molecule has 380 valence electrons. The van der Waals surface area contributed by atoms with Gasteiger partial charge < -0.3 is 34.2 Å². The number of carbonyl (C=O) groups is 2. The first-order valence-electron chi connectivity index (χ1n) is 26.3. The van der Waals surface area contributed by atoms with Gasteiger partial charge in [-0.1, -0.05) is 45.9 Å². The number of anilines is 1. The van der Waals surface area contributed by atoms with Crippen molar-refractivity contribution in [1.29, 1.82) is 5.26 Å². The molecule has 3 aromatic heterocycles. The number of likely N-dealkylation sites (tertiary alicyclic amines) is 1. The van der Waals surface area contributed by atoms with E-state index in [1.807, 2.05) is 29.4 Å². The first-order chi connectivity index (χ1) is 35.3. The lowest BCUT2D eigenvalue weighted by Crippen LogP contribution is -2.74. The van der Waals surface area contributed by atoms with Crippen molar-refractivity contribution >= 4 is 28.3 Å². The Balaban J connectivity index is 0.677. The van der Waals surface area contributed by atoms with Crippen LogP contribution >= 0.6 is 0 Å². The number of amides is 2. The first kappa shape index (κ1) is 48.5. The molecule has 73 heavy (non-hydrogen) atoms. The van der Waals surface area contributed by atoms with Crippen LogP contribution in [0.25, 0.3) is 33.3 Å². The molecule has 11 rings (SSSR count). The Morgan fingerprint density at radius 3 is 2.30 bits per heavy atom. The minimum atomic E-state index is -0.339. The largest absolute Gasteiger partial charge is 0.495 e. The van der Waals surface area contributed by atoms with Crippen LogP contribution in [0.3, 0.4) is 0 Å². The number of rotatable bonds is 11. The van der Waals surface area contributed by atoms with Crippen molar-refractivity contribution < 1.29 is 23.8 Å². The van der Waals surface area contributed by atoms with Gasteiger partial charge >= 0.3 is 0 Å². The number of pyridine rings is 1. The highest BCUT2D eigenvalue weighted by molar-refractivity contribution is 5.98. The van der Waals surface area contributed by atoms with E-state index in [4.69, 9.17) is 29.4 Å². The summed E-state index contributed by atoms with van der Waals surface area (Å²) in [5.41, 5.74) is 7.91. The normalized spacial score (nSPS) is 21.5. The smallest absolute Gasteiger partial charge is 0.251 e. The van der Waals surface area contributed by atoms with Crippen LogP contribution in [0.15, 0.2) is 85.3 Å². The zero-order valence-corrected chi connectivity index (χ0v) is 43.1. The molecule has 4 fully saturated rings. The van der Waals surface area contributed by atoms with Crippen LogP contribution in [0.4, 0.5) is 5.69 Å². The SMILES string of the molecule is COc1cc(OC2C(C)(C)C(NC(=O)c3ccc(N4CCC(N5CCC(n6cc(-c7cc8cccc(-c9nn(C%10CCOCC%10)c%10c9CN(C(C)=O)CC%10)c8cn7)cn6)CC5)CC4)cc3)C2(C)C)ccc1C#N. The summed E-state index contributed by atoms with van der Waals surface area (Å²) in [5, 5.41) is 25.1. The lowest BCUT2D eigenvalue weighted by atomic mass is 9.49. The van der Waals surface area contributed by atoms with Gasteiger partial charge in [-0.05, 0) is 86.4 Å². The van der Waals surface area contributed by atoms with E-state index >= 15 is 0 Å². The van der Waals surface area contributed by atoms with Gasteiger partial charge in [-0.25, -0.2) is 0 Å². The van der Waals surface area contributed by atoms with E-state index in [2.05, 4.69) is 101 Å². The summed E-state index contributed by atoms with van der Waals surface area (Å²) < 4.78 is 22.0. The van der Waals surface area contributed by atoms with Crippen LogP contribution in [-0.2, 0) is 22.5 Å². The Hall–Kier alpha value is -6.76. The number of piperidine rings is 2. The van der Waals surface area contributed by atoms with E-state index < -0.39 is 0 Å². The molecule has 4 aliphatic heterocycles. The standard InChI is InChI=1S/C58H68N10O5/c1-37(69)66-27-20-51-49(36-66)53(63-68(51)45-21-28-72-29-22-45)47-9-7-8-39-30-50(60-34-48(39)47)41-33-61-67(35-41)44-18-25-65(26-19-44)43-16-23-64(24-17-43)42-13-10-38(11-14-42)54(70)62-55-57(2,3)56(58(55,4)5)73-46-15-12-40(32-59)52(31-46)71-6/h7-15,30-31,33-35,43-45,55-56H,16-29,36H2,1-6H3,(H,62,70). The number of ether oxygens (including phenoxy) is 3. The van der Waals surface area contributed by atoms with Crippen molar-refractivity contribution in [2.24, 2.45) is 10.8 Å². The number of nitriles is 1. The average molecular weight is 985 g/mol. The molecule has 2 amide bonds. The second kappa shape index (κ2) is 19.6. The maximum Gasteiger partial charge on any atom is 0.251 e. The Kier molecular flexibility index (Phi) is 13.0. The van der Waals surface area contributed by atoms with Gasteiger partial charge in [-0.2, -0.15) is 15.5 Å². The van der Waals surface area contributed by atoms with Crippen molar-refractivity contribution in [3.63, 3.8) is 0 Å². The minimum absolute atomic E-state index is 0.0848. The third kappa shape index (κ3) is 9.11. The molecule has 6 aromatic rings. The first-order valence-corrected chi connectivity index (χ1v) is 26.3. The van der Waals surface area contributed by atoms with Gasteiger partial charge in [-0.3, -0.25) is 23.9 Å². The van der Waals surface area contributed by atoms with Crippen LogP contribution in [0.1, 0.15) is 112 Å². The number of nitrogens with zero attached hydrogens (tertiary/aromatic N) is 9. The third-order valence-electron chi connectivity index (χ3n) is 17.0. The van der Waals surface area contributed by atoms with Gasteiger partial charge in [0, 0.05) is 146 Å². The summed E-state index contributed by atoms with van der Waals surface area (Å²) in [5.74, 6) is 1.13. The predicted molar refractivity (Wildman–Crippen MR) is 281 cm³/mol. The zero-order chi connectivity index (χ0) is 50.6. The Morgan fingerprint density at radius 2 is 1.59 bits per heavy atom. The Bertz CT molecular complexity index is 3040. The van der Waals surface area contributed by atoms with Crippen LogP contribution < -0.4 is 19.7 Å². The average Bonchev–Trinajstić information content (AvgIpc) is 4.08. The number of benzene rings is 3. The van der Waals surface area contributed by atoms with Gasteiger partial charge in [0.1, 0.15) is 23.7 Å². The van der Waals surface area contributed by atoms with E-state index in [1.54, 1.807) is 32.2 Å². The number of aromatic nitrogens is 5. The number of hydrogen-bond acceptors (Lipinski definition) is 11. The fraction of sp³-hybridized carbons (Fsp3) is 0.483. The van der Waals surface area contributed by atoms with Crippen molar-refractivity contribution in [2.45, 2.75) is 116 Å². The number of hydrogen-bond donors (Lipinski definition) is 1. The monoisotopic (exact) mass is 985 g/mol. The number of fused-ring (bicyclic) bond motifs is 2. The molecular weight excluding hydrogens is 917 g/mol. The molecule has 15 nitrogen and oxygen atoms in total. The second-order valence-corrected chi connectivity index (χ2v) is 22.1. The molecular formula is C58H68N10O5. The topological polar surface area (TPSA) is 156 Å². The van der Waals surface area contributed by atoms with E-state index in [-0.39, 0.29) is 34.8 Å². The molecule has 0 bridgehead atoms. The van der Waals surface area contributed by atoms with E-state index in [0.717, 1.165) is 129 Å². The van der Waals surface area contributed by atoms with Crippen LogP contribution in [0, 0.1) is 22.2 Å². The van der Waals surface area contributed by atoms with Gasteiger partial charge in [0.15, 0.2) is 0 Å². The fourth-order valence-electron chi connectivity index (χ4n) is 13.2. The molecule has 5 aliphatic rings. The summed E-state index contributed by atoms with van der Waals surface area (Å²) in [6.07, 6.45) is 13.0. The molecule has 0 atom stereocenters. The van der Waals surface area contributed by atoms with E-state index in [0.29, 0.717) is 53.8 Å².